The molecular formula is C24H37N3O6SSi. The Morgan fingerprint density at radius 2 is 1.83 bits per heavy atom. The van der Waals surface area contributed by atoms with Gasteiger partial charge in [-0.3, -0.25) is 4.79 Å². The number of aromatic nitrogens is 2. The van der Waals surface area contributed by atoms with Crippen molar-refractivity contribution in [2.24, 2.45) is 0 Å². The van der Waals surface area contributed by atoms with E-state index in [0.717, 1.165) is 0 Å². The van der Waals surface area contributed by atoms with E-state index in [1.54, 1.807) is 27.0 Å². The molecule has 2 atom stereocenters. The summed E-state index contributed by atoms with van der Waals surface area (Å²) in [6, 6.07) is 1.18. The summed E-state index contributed by atoms with van der Waals surface area (Å²) in [7, 11) is 0.548. The lowest BCUT2D eigenvalue weighted by Crippen LogP contribution is -2.44. The molecular weight excluding hydrogens is 486 g/mol. The van der Waals surface area contributed by atoms with Crippen LogP contribution in [0.2, 0.25) is 18.1 Å². The van der Waals surface area contributed by atoms with Crippen LogP contribution in [0.5, 0.6) is 11.5 Å². The molecule has 0 aliphatic rings. The topological polar surface area (TPSA) is 113 Å². The molecule has 1 heterocycles. The van der Waals surface area contributed by atoms with E-state index in [-0.39, 0.29) is 23.3 Å². The Bertz CT molecular complexity index is 1080. The average Bonchev–Trinajstić information content (AvgIpc) is 3.18. The second kappa shape index (κ2) is 11.0. The molecule has 0 saturated heterocycles. The van der Waals surface area contributed by atoms with E-state index >= 15 is 0 Å². The van der Waals surface area contributed by atoms with Gasteiger partial charge in [0.15, 0.2) is 5.82 Å². The maximum absolute atomic E-state index is 13.0. The van der Waals surface area contributed by atoms with Crippen molar-refractivity contribution in [3.63, 3.8) is 0 Å². The van der Waals surface area contributed by atoms with Crippen LogP contribution in [0, 0.1) is 13.8 Å². The van der Waals surface area contributed by atoms with Crippen molar-refractivity contribution >= 4 is 32.8 Å². The molecule has 0 aliphatic heterocycles. The molecule has 1 aromatic heterocycles. The van der Waals surface area contributed by atoms with Crippen molar-refractivity contribution in [2.75, 3.05) is 14.2 Å². The molecule has 2 aromatic rings. The molecule has 1 N–H and O–H groups in total. The number of carbonyl (C=O) groups is 2. The summed E-state index contributed by atoms with van der Waals surface area (Å²) in [5, 5.41) is 6.03. The number of methoxy groups -OCH3 is 2. The number of aryl methyl sites for hydroxylation is 1. The zero-order chi connectivity index (χ0) is 26.7. The Morgan fingerprint density at radius 3 is 2.29 bits per heavy atom. The smallest absolute Gasteiger partial charge is 0.338 e. The molecule has 0 radical (unpaired) electrons. The van der Waals surface area contributed by atoms with Gasteiger partial charge in [-0.15, -0.1) is 0 Å². The van der Waals surface area contributed by atoms with Gasteiger partial charge in [0.25, 0.3) is 0 Å². The molecule has 0 aliphatic carbocycles. The number of nitrogens with one attached hydrogen (secondary N) is 1. The van der Waals surface area contributed by atoms with Crippen LogP contribution in [0.3, 0.4) is 0 Å². The summed E-state index contributed by atoms with van der Waals surface area (Å²) >= 11 is 4.89. The van der Waals surface area contributed by atoms with Crippen LogP contribution in [0.15, 0.2) is 10.6 Å². The summed E-state index contributed by atoms with van der Waals surface area (Å²) in [6.45, 7) is 15.5. The predicted molar refractivity (Wildman–Crippen MR) is 139 cm³/mol. The Labute approximate surface area is 213 Å². The number of thiol groups is 1. The molecule has 1 unspecified atom stereocenters. The highest BCUT2D eigenvalue weighted by Crippen LogP contribution is 2.46. The second-order valence-electron chi connectivity index (χ2n) is 10.0. The van der Waals surface area contributed by atoms with Gasteiger partial charge in [0.1, 0.15) is 17.5 Å². The van der Waals surface area contributed by atoms with Gasteiger partial charge in [-0.1, -0.05) is 25.9 Å². The highest BCUT2D eigenvalue weighted by Gasteiger charge is 2.41. The SMILES string of the molecule is COC(=O)c1c(C)c(OC)cc(O[Si](C)(C)C(C)(C)C)c1[C@H](S)CC(NC(C)=O)c1nc(C)no1. The van der Waals surface area contributed by atoms with Crippen LogP contribution in [0.4, 0.5) is 0 Å². The number of esters is 1. The first kappa shape index (κ1) is 28.7. The van der Waals surface area contributed by atoms with Crippen molar-refractivity contribution < 1.29 is 28.0 Å². The maximum atomic E-state index is 13.0. The van der Waals surface area contributed by atoms with Crippen molar-refractivity contribution in [3.05, 3.63) is 34.5 Å². The number of carbonyl (C=O) groups excluding carboxylic acids is 2. The van der Waals surface area contributed by atoms with Gasteiger partial charge < -0.3 is 23.7 Å². The van der Waals surface area contributed by atoms with E-state index in [1.807, 2.05) is 0 Å². The predicted octanol–water partition coefficient (Wildman–Crippen LogP) is 5.10. The summed E-state index contributed by atoms with van der Waals surface area (Å²) < 4.78 is 22.7. The lowest BCUT2D eigenvalue weighted by Gasteiger charge is -2.38. The number of rotatable bonds is 9. The number of benzene rings is 1. The Balaban J connectivity index is 2.70. The molecule has 0 saturated carbocycles. The maximum Gasteiger partial charge on any atom is 0.338 e. The average molecular weight is 524 g/mol. The van der Waals surface area contributed by atoms with Crippen molar-refractivity contribution in [2.45, 2.75) is 77.4 Å². The minimum Gasteiger partial charge on any atom is -0.543 e. The number of hydrogen-bond donors (Lipinski definition) is 2. The first-order chi connectivity index (χ1) is 16.1. The van der Waals surface area contributed by atoms with E-state index in [0.29, 0.717) is 34.0 Å². The van der Waals surface area contributed by atoms with E-state index in [1.165, 1.54) is 14.0 Å². The van der Waals surface area contributed by atoms with Crippen LogP contribution in [0.1, 0.15) is 78.6 Å². The Hall–Kier alpha value is -2.53. The van der Waals surface area contributed by atoms with Crippen molar-refractivity contribution in [1.29, 1.82) is 0 Å². The van der Waals surface area contributed by atoms with Crippen LogP contribution in [0.25, 0.3) is 0 Å². The molecule has 0 fully saturated rings. The molecule has 0 spiro atoms. The van der Waals surface area contributed by atoms with Crippen LogP contribution in [-0.4, -0.2) is 44.6 Å². The fraction of sp³-hybridized carbons (Fsp3) is 0.583. The highest BCUT2D eigenvalue weighted by molar-refractivity contribution is 7.80. The largest absolute Gasteiger partial charge is 0.543 e. The first-order valence-electron chi connectivity index (χ1n) is 11.4. The first-order valence-corrected chi connectivity index (χ1v) is 14.8. The molecule has 9 nitrogen and oxygen atoms in total. The van der Waals surface area contributed by atoms with E-state index in [2.05, 4.69) is 49.3 Å². The van der Waals surface area contributed by atoms with Crippen molar-refractivity contribution in [1.82, 2.24) is 15.5 Å². The number of ether oxygens (including phenoxy) is 2. The monoisotopic (exact) mass is 523 g/mol. The van der Waals surface area contributed by atoms with Gasteiger partial charge in [-0.05, 0) is 38.4 Å². The van der Waals surface area contributed by atoms with Gasteiger partial charge in [-0.2, -0.15) is 17.6 Å². The summed E-state index contributed by atoms with van der Waals surface area (Å²) in [5.74, 6) is 0.928. The summed E-state index contributed by atoms with van der Waals surface area (Å²) in [5.41, 5.74) is 1.50. The van der Waals surface area contributed by atoms with Gasteiger partial charge >= 0.3 is 5.97 Å². The van der Waals surface area contributed by atoms with Gasteiger partial charge in [0, 0.05) is 29.4 Å². The van der Waals surface area contributed by atoms with E-state index in [9.17, 15) is 9.59 Å². The Morgan fingerprint density at radius 1 is 1.20 bits per heavy atom. The van der Waals surface area contributed by atoms with Gasteiger partial charge in [-0.25, -0.2) is 4.79 Å². The van der Waals surface area contributed by atoms with Crippen LogP contribution < -0.4 is 14.5 Å². The fourth-order valence-corrected chi connectivity index (χ4v) is 4.93. The van der Waals surface area contributed by atoms with Gasteiger partial charge in [0.2, 0.25) is 20.1 Å². The molecule has 35 heavy (non-hydrogen) atoms. The number of nitrogens with zero attached hydrogens (tertiary/aromatic N) is 2. The summed E-state index contributed by atoms with van der Waals surface area (Å²) in [4.78, 5) is 29.2. The molecule has 1 aromatic carbocycles. The standard InChI is InChI=1S/C24H37N3O6SSi/c1-13-17(30-7)12-18(33-35(9,10)24(4,5)6)21(20(13)23(29)31-8)19(34)11-16(26-15(3)28)22-25-14(2)27-32-22/h12,16,19,34H,11H2,1-10H3,(H,26,28)/t16?,19-/m1/s1. The molecule has 0 bridgehead atoms. The van der Waals surface area contributed by atoms with E-state index in [4.69, 9.17) is 31.1 Å². The van der Waals surface area contributed by atoms with Crippen LogP contribution >= 0.6 is 12.6 Å². The minimum absolute atomic E-state index is 0.0973. The normalized spacial score (nSPS) is 13.7. The third-order valence-electron chi connectivity index (χ3n) is 6.33. The molecule has 194 valence electrons. The number of hydrogen-bond acceptors (Lipinski definition) is 9. The molecule has 2 rings (SSSR count). The quantitative estimate of drug-likeness (QED) is 0.265. The van der Waals surface area contributed by atoms with Crippen LogP contribution in [-0.2, 0) is 9.53 Å². The highest BCUT2D eigenvalue weighted by atomic mass is 32.1. The molecule has 1 amide bonds. The number of amides is 1. The lowest BCUT2D eigenvalue weighted by atomic mass is 9.94. The fourth-order valence-electron chi connectivity index (χ4n) is 3.44. The van der Waals surface area contributed by atoms with Crippen molar-refractivity contribution in [3.8, 4) is 11.5 Å². The third kappa shape index (κ3) is 6.57. The van der Waals surface area contributed by atoms with E-state index < -0.39 is 25.6 Å². The van der Waals surface area contributed by atoms with Gasteiger partial charge in [0.05, 0.1) is 19.8 Å². The zero-order valence-corrected chi connectivity index (χ0v) is 24.1. The third-order valence-corrected chi connectivity index (χ3v) is 11.1. The minimum atomic E-state index is -2.32. The second-order valence-corrected chi connectivity index (χ2v) is 15.4. The Kier molecular flexibility index (Phi) is 9.04. The lowest BCUT2D eigenvalue weighted by molar-refractivity contribution is -0.119. The zero-order valence-electron chi connectivity index (χ0n) is 22.2. The summed E-state index contributed by atoms with van der Waals surface area (Å²) in [6.07, 6.45) is 0.258. The molecule has 11 heteroatoms.